The van der Waals surface area contributed by atoms with Crippen molar-refractivity contribution in [1.29, 1.82) is 0 Å². The van der Waals surface area contributed by atoms with Gasteiger partial charge in [0.2, 0.25) is 11.8 Å². The molecule has 0 aliphatic heterocycles. The van der Waals surface area contributed by atoms with Crippen LogP contribution in [-0.2, 0) is 28.6 Å². The van der Waals surface area contributed by atoms with Crippen LogP contribution in [0.4, 0.5) is 0 Å². The molecular formula is C20H39N3O6. The Morgan fingerprint density at radius 1 is 0.828 bits per heavy atom. The van der Waals surface area contributed by atoms with E-state index in [9.17, 15) is 14.4 Å². The first-order chi connectivity index (χ1) is 14.1. The number of amides is 2. The molecule has 0 spiro atoms. The Labute approximate surface area is 174 Å². The molecule has 0 saturated heterocycles. The van der Waals surface area contributed by atoms with Gasteiger partial charge in [-0.05, 0) is 26.3 Å². The Bertz CT molecular complexity index is 423. The Morgan fingerprint density at radius 3 is 1.83 bits per heavy atom. The third kappa shape index (κ3) is 19.5. The minimum absolute atomic E-state index is 0.109. The summed E-state index contributed by atoms with van der Waals surface area (Å²) in [6.45, 7) is 6.37. The van der Waals surface area contributed by atoms with Crippen molar-refractivity contribution in [3.63, 3.8) is 0 Å². The zero-order valence-electron chi connectivity index (χ0n) is 18.0. The quantitative estimate of drug-likeness (QED) is 0.183. The van der Waals surface area contributed by atoms with Gasteiger partial charge < -0.3 is 35.0 Å². The lowest BCUT2D eigenvalue weighted by molar-refractivity contribution is -0.123. The van der Waals surface area contributed by atoms with E-state index >= 15 is 0 Å². The molecule has 1 unspecified atom stereocenters. The maximum absolute atomic E-state index is 11.6. The van der Waals surface area contributed by atoms with Gasteiger partial charge in [-0.25, -0.2) is 0 Å². The van der Waals surface area contributed by atoms with Gasteiger partial charge in [0.25, 0.3) is 0 Å². The highest BCUT2D eigenvalue weighted by Gasteiger charge is 2.09. The van der Waals surface area contributed by atoms with Gasteiger partial charge in [0.15, 0.2) is 0 Å². The second-order valence-corrected chi connectivity index (χ2v) is 6.58. The molecule has 170 valence electrons. The average molecular weight is 418 g/mol. The van der Waals surface area contributed by atoms with Gasteiger partial charge >= 0.3 is 0 Å². The summed E-state index contributed by atoms with van der Waals surface area (Å²) in [5.74, 6) is -0.0449. The number of carbonyl (C=O) groups is 3. The summed E-state index contributed by atoms with van der Waals surface area (Å²) < 4.78 is 16.3. The number of likely N-dealkylation sites (N-methyl/N-ethyl adjacent to an activating group) is 1. The number of aldehydes is 1. The Kier molecular flexibility index (Phi) is 20.0. The summed E-state index contributed by atoms with van der Waals surface area (Å²) in [6, 6.07) is -0.441. The van der Waals surface area contributed by atoms with Crippen molar-refractivity contribution in [2.75, 3.05) is 59.8 Å². The highest BCUT2D eigenvalue weighted by Crippen LogP contribution is 1.93. The maximum Gasteiger partial charge on any atom is 0.222 e. The fourth-order valence-corrected chi connectivity index (χ4v) is 2.26. The smallest absolute Gasteiger partial charge is 0.222 e. The molecule has 0 rings (SSSR count). The Morgan fingerprint density at radius 2 is 1.34 bits per heavy atom. The van der Waals surface area contributed by atoms with E-state index < -0.39 is 6.04 Å². The number of ether oxygens (including phenoxy) is 3. The molecule has 0 heterocycles. The second kappa shape index (κ2) is 21.2. The molecule has 0 fully saturated rings. The van der Waals surface area contributed by atoms with Crippen molar-refractivity contribution in [3.8, 4) is 0 Å². The van der Waals surface area contributed by atoms with Gasteiger partial charge in [-0.1, -0.05) is 13.3 Å². The van der Waals surface area contributed by atoms with Crippen LogP contribution in [0.2, 0.25) is 0 Å². The molecule has 2 amide bonds. The van der Waals surface area contributed by atoms with Gasteiger partial charge in [-0.2, -0.15) is 0 Å². The largest absolute Gasteiger partial charge is 0.379 e. The van der Waals surface area contributed by atoms with Crippen LogP contribution in [0.3, 0.4) is 0 Å². The van der Waals surface area contributed by atoms with Crippen molar-refractivity contribution in [2.45, 2.75) is 51.5 Å². The van der Waals surface area contributed by atoms with Crippen molar-refractivity contribution in [1.82, 2.24) is 16.0 Å². The fraction of sp³-hybridized carbons (Fsp3) is 0.850. The zero-order chi connectivity index (χ0) is 21.6. The normalized spacial score (nSPS) is 11.8. The third-order valence-electron chi connectivity index (χ3n) is 4.02. The van der Waals surface area contributed by atoms with Gasteiger partial charge in [-0.15, -0.1) is 0 Å². The van der Waals surface area contributed by atoms with Gasteiger partial charge in [-0.3, -0.25) is 9.59 Å². The van der Waals surface area contributed by atoms with Crippen LogP contribution in [-0.4, -0.2) is 83.9 Å². The lowest BCUT2D eigenvalue weighted by Crippen LogP contribution is -2.35. The van der Waals surface area contributed by atoms with Crippen LogP contribution in [0.1, 0.15) is 45.4 Å². The Balaban J connectivity index is 3.23. The maximum atomic E-state index is 11.6. The number of hydrogen-bond acceptors (Lipinski definition) is 7. The van der Waals surface area contributed by atoms with Gasteiger partial charge in [0.05, 0.1) is 32.5 Å². The summed E-state index contributed by atoms with van der Waals surface area (Å²) in [4.78, 5) is 33.6. The molecule has 0 aromatic heterocycles. The van der Waals surface area contributed by atoms with E-state index in [0.29, 0.717) is 65.6 Å². The molecule has 0 aliphatic carbocycles. The van der Waals surface area contributed by atoms with Crippen LogP contribution in [0.25, 0.3) is 0 Å². The molecule has 0 aliphatic rings. The lowest BCUT2D eigenvalue weighted by Gasteiger charge is -2.10. The van der Waals surface area contributed by atoms with Crippen molar-refractivity contribution in [3.05, 3.63) is 0 Å². The minimum Gasteiger partial charge on any atom is -0.379 e. The van der Waals surface area contributed by atoms with Crippen molar-refractivity contribution < 1.29 is 28.6 Å². The van der Waals surface area contributed by atoms with Crippen molar-refractivity contribution >= 4 is 18.1 Å². The zero-order valence-corrected chi connectivity index (χ0v) is 18.0. The van der Waals surface area contributed by atoms with Crippen LogP contribution in [0, 0.1) is 0 Å². The summed E-state index contributed by atoms with van der Waals surface area (Å²) in [5.41, 5.74) is 0. The summed E-state index contributed by atoms with van der Waals surface area (Å²) in [6.07, 6.45) is 4.92. The first-order valence-corrected chi connectivity index (χ1v) is 10.5. The fourth-order valence-electron chi connectivity index (χ4n) is 2.26. The number of rotatable bonds is 21. The minimum atomic E-state index is -0.441. The van der Waals surface area contributed by atoms with Gasteiger partial charge in [0, 0.05) is 39.1 Å². The molecular weight excluding hydrogens is 378 g/mol. The van der Waals surface area contributed by atoms with E-state index in [2.05, 4.69) is 22.9 Å². The summed E-state index contributed by atoms with van der Waals surface area (Å²) in [7, 11) is 1.64. The summed E-state index contributed by atoms with van der Waals surface area (Å²) in [5, 5.41) is 8.37. The number of nitrogens with one attached hydrogen (secondary N) is 3. The molecule has 3 N–H and O–H groups in total. The lowest BCUT2D eigenvalue weighted by atomic mass is 10.2. The van der Waals surface area contributed by atoms with E-state index in [0.717, 1.165) is 25.5 Å². The molecule has 29 heavy (non-hydrogen) atoms. The number of unbranched alkanes of at least 4 members (excludes halogenated alkanes) is 1. The number of carbonyl (C=O) groups excluding carboxylic acids is 3. The molecule has 0 radical (unpaired) electrons. The van der Waals surface area contributed by atoms with Crippen LogP contribution in [0.15, 0.2) is 0 Å². The first-order valence-electron chi connectivity index (χ1n) is 10.5. The molecule has 9 nitrogen and oxygen atoms in total. The molecule has 0 saturated carbocycles. The van der Waals surface area contributed by atoms with E-state index in [4.69, 9.17) is 14.2 Å². The molecule has 9 heteroatoms. The standard InChI is InChI=1S/C20H39N3O6/c1-3-4-7-19(25)22-8-5-10-27-12-14-29-15-13-28-11-6-9-23-20(26)16-18(17-24)21-2/h17-18,21H,3-16H2,1-2H3,(H,22,25)(H,23,26). The first kappa shape index (κ1) is 27.5. The SMILES string of the molecule is CCCCC(=O)NCCCOCCOCCOCCCNC(=O)CC(C=O)NC. The average Bonchev–Trinajstić information content (AvgIpc) is 2.73. The van der Waals surface area contributed by atoms with Crippen LogP contribution >= 0.6 is 0 Å². The topological polar surface area (TPSA) is 115 Å². The highest BCUT2D eigenvalue weighted by molar-refractivity contribution is 5.80. The second-order valence-electron chi connectivity index (χ2n) is 6.58. The van der Waals surface area contributed by atoms with E-state index in [1.165, 1.54) is 0 Å². The van der Waals surface area contributed by atoms with Gasteiger partial charge in [0.1, 0.15) is 6.29 Å². The number of hydrogen-bond donors (Lipinski definition) is 3. The monoisotopic (exact) mass is 417 g/mol. The Hall–Kier alpha value is -1.55. The molecule has 0 aromatic carbocycles. The highest BCUT2D eigenvalue weighted by atomic mass is 16.5. The van der Waals surface area contributed by atoms with Crippen LogP contribution in [0.5, 0.6) is 0 Å². The predicted octanol–water partition coefficient (Wildman–Crippen LogP) is 0.416. The molecule has 0 aromatic rings. The van der Waals surface area contributed by atoms with E-state index in [1.54, 1.807) is 7.05 Å². The predicted molar refractivity (Wildman–Crippen MR) is 111 cm³/mol. The van der Waals surface area contributed by atoms with Crippen molar-refractivity contribution in [2.24, 2.45) is 0 Å². The van der Waals surface area contributed by atoms with Crippen LogP contribution < -0.4 is 16.0 Å². The van der Waals surface area contributed by atoms with E-state index in [1.807, 2.05) is 0 Å². The molecule has 0 bridgehead atoms. The van der Waals surface area contributed by atoms with E-state index in [-0.39, 0.29) is 18.2 Å². The molecule has 1 atom stereocenters. The third-order valence-corrected chi connectivity index (χ3v) is 4.02. The summed E-state index contributed by atoms with van der Waals surface area (Å²) >= 11 is 0.